The highest BCUT2D eigenvalue weighted by atomic mass is 32.2. The third kappa shape index (κ3) is 10.3. The van der Waals surface area contributed by atoms with Gasteiger partial charge in [0.15, 0.2) is 6.61 Å². The lowest BCUT2D eigenvalue weighted by Crippen LogP contribution is -2.70. The van der Waals surface area contributed by atoms with Crippen LogP contribution in [0.4, 0.5) is 4.79 Å². The van der Waals surface area contributed by atoms with Gasteiger partial charge in [-0.25, -0.2) is 4.79 Å². The number of nitrogens with two attached hydrogens (primary N) is 1. The first-order chi connectivity index (χ1) is 24.5. The summed E-state index contributed by atoms with van der Waals surface area (Å²) >= 11 is 1.67. The molecule has 1 fully saturated rings. The lowest BCUT2D eigenvalue weighted by atomic mass is 9.68. The molecule has 4 rings (SSSR count). The molecule has 0 saturated carbocycles. The van der Waals surface area contributed by atoms with Crippen molar-refractivity contribution in [1.82, 2.24) is 15.5 Å². The van der Waals surface area contributed by atoms with Gasteiger partial charge in [-0.05, 0) is 86.3 Å². The van der Waals surface area contributed by atoms with Crippen LogP contribution in [0.5, 0.6) is 5.75 Å². The van der Waals surface area contributed by atoms with Gasteiger partial charge < -0.3 is 30.7 Å². The molecule has 3 aromatic rings. The summed E-state index contributed by atoms with van der Waals surface area (Å²) in [6.07, 6.45) is 1.45. The Labute approximate surface area is 308 Å². The molecule has 0 aliphatic carbocycles. The third-order valence-corrected chi connectivity index (χ3v) is 10.8. The molecular weight excluding hydrogens is 661 g/mol. The van der Waals surface area contributed by atoms with Gasteiger partial charge in [-0.1, -0.05) is 99.6 Å². The highest BCUT2D eigenvalue weighted by Crippen LogP contribution is 2.40. The summed E-state index contributed by atoms with van der Waals surface area (Å²) in [5.74, 6) is -0.0567. The fraction of sp³-hybridized carbons (Fsp3) is 0.488. The third-order valence-electron chi connectivity index (χ3n) is 9.88. The van der Waals surface area contributed by atoms with Crippen molar-refractivity contribution in [3.05, 3.63) is 101 Å². The molecule has 0 aromatic heterocycles. The molecule has 0 radical (unpaired) electrons. The molecule has 1 aliphatic heterocycles. The number of urea groups is 1. The Morgan fingerprint density at radius 3 is 2.10 bits per heavy atom. The van der Waals surface area contributed by atoms with Crippen molar-refractivity contribution >= 4 is 29.6 Å². The normalized spacial score (nSPS) is 16.8. The second-order valence-corrected chi connectivity index (χ2v) is 15.3. The van der Waals surface area contributed by atoms with Gasteiger partial charge in [0.1, 0.15) is 16.7 Å². The Morgan fingerprint density at radius 1 is 0.941 bits per heavy atom. The van der Waals surface area contributed by atoms with Gasteiger partial charge in [0.05, 0.1) is 12.1 Å². The van der Waals surface area contributed by atoms with Gasteiger partial charge >= 0.3 is 6.03 Å². The van der Waals surface area contributed by atoms with E-state index in [1.54, 1.807) is 16.7 Å². The Morgan fingerprint density at radius 2 is 1.55 bits per heavy atom. The standard InChI is InChI=1S/C41H56N4O5S/c1-7-51-31(6)50-36(35(25-33-20-12-9-13-21-33)44-37(46)27-49-38-29(4)16-14-17-30(38)5)26-34(24-32-18-10-8-11-19-32)41(28(2)3,39(42)47)45-23-15-22-43-40(45)48/h8-14,16-21,28,31,34-36H,7,15,22-27H2,1-6H3,(H2,42,47)(H,43,48)(H,44,46)/t31?,34-,35-,36-,41?/m0/s1. The van der Waals surface area contributed by atoms with Crippen molar-refractivity contribution < 1.29 is 23.9 Å². The van der Waals surface area contributed by atoms with E-state index in [4.69, 9.17) is 15.2 Å². The molecule has 4 amide bonds. The lowest BCUT2D eigenvalue weighted by Gasteiger charge is -2.51. The number of rotatable bonds is 19. The second-order valence-electron chi connectivity index (χ2n) is 13.8. The number of carbonyl (C=O) groups is 3. The maximum Gasteiger partial charge on any atom is 0.318 e. The van der Waals surface area contributed by atoms with Crippen LogP contribution in [0.3, 0.4) is 0 Å². The molecule has 2 unspecified atom stereocenters. The number of primary amides is 1. The number of nitrogens with one attached hydrogen (secondary N) is 2. The number of thioether (sulfide) groups is 1. The van der Waals surface area contributed by atoms with Gasteiger partial charge in [-0.15, -0.1) is 11.8 Å². The first-order valence-corrected chi connectivity index (χ1v) is 19.2. The number of para-hydroxylation sites is 1. The van der Waals surface area contributed by atoms with Gasteiger partial charge in [-0.2, -0.15) is 0 Å². The van der Waals surface area contributed by atoms with Crippen molar-refractivity contribution in [2.45, 2.75) is 90.3 Å². The molecule has 0 spiro atoms. The zero-order valence-electron chi connectivity index (χ0n) is 31.0. The van der Waals surface area contributed by atoms with Crippen LogP contribution in [-0.2, 0) is 27.2 Å². The summed E-state index contributed by atoms with van der Waals surface area (Å²) in [5.41, 5.74) is 8.87. The minimum atomic E-state index is -1.34. The molecule has 276 valence electrons. The number of hydrogen-bond donors (Lipinski definition) is 3. The van der Waals surface area contributed by atoms with E-state index >= 15 is 0 Å². The highest BCUT2D eigenvalue weighted by Gasteiger charge is 2.54. The van der Waals surface area contributed by atoms with Gasteiger partial charge in [0.25, 0.3) is 5.91 Å². The molecule has 10 heteroatoms. The number of nitrogens with zero attached hydrogens (tertiary/aromatic N) is 1. The zero-order chi connectivity index (χ0) is 37.0. The van der Waals surface area contributed by atoms with E-state index in [-0.39, 0.29) is 29.9 Å². The topological polar surface area (TPSA) is 123 Å². The second kappa shape index (κ2) is 19.0. The average molecular weight is 717 g/mol. The number of ether oxygens (including phenoxy) is 2. The molecule has 51 heavy (non-hydrogen) atoms. The molecule has 0 bridgehead atoms. The number of aryl methyl sites for hydroxylation is 2. The minimum absolute atomic E-state index is 0.165. The minimum Gasteiger partial charge on any atom is -0.483 e. The fourth-order valence-electron chi connectivity index (χ4n) is 7.59. The Hall–Kier alpha value is -4.02. The van der Waals surface area contributed by atoms with Gasteiger partial charge in [0, 0.05) is 13.1 Å². The van der Waals surface area contributed by atoms with E-state index in [9.17, 15) is 14.4 Å². The number of amides is 4. The summed E-state index contributed by atoms with van der Waals surface area (Å²) in [5, 5.41) is 6.24. The lowest BCUT2D eigenvalue weighted by molar-refractivity contribution is -0.139. The monoisotopic (exact) mass is 716 g/mol. The fourth-order valence-corrected chi connectivity index (χ4v) is 8.28. The van der Waals surface area contributed by atoms with Crippen molar-refractivity contribution in [3.63, 3.8) is 0 Å². The number of carbonyl (C=O) groups excluding carboxylic acids is 3. The SMILES string of the molecule is CCSC(C)O[C@@H](C[C@H](Cc1ccccc1)C(C(N)=O)(C(C)C)N1CCCNC1=O)[C@H](Cc1ccccc1)NC(=O)COc1c(C)cccc1C. The van der Waals surface area contributed by atoms with Crippen molar-refractivity contribution in [3.8, 4) is 5.75 Å². The number of hydrogen-bond acceptors (Lipinski definition) is 6. The van der Waals surface area contributed by atoms with Crippen LogP contribution in [0, 0.1) is 25.7 Å². The van der Waals surface area contributed by atoms with E-state index in [0.29, 0.717) is 44.5 Å². The summed E-state index contributed by atoms with van der Waals surface area (Å²) in [6.45, 7) is 12.7. The molecule has 1 aliphatic rings. The van der Waals surface area contributed by atoms with Crippen LogP contribution >= 0.6 is 11.8 Å². The maximum absolute atomic E-state index is 14.0. The molecule has 9 nitrogen and oxygen atoms in total. The summed E-state index contributed by atoms with van der Waals surface area (Å²) in [4.78, 5) is 43.1. The van der Waals surface area contributed by atoms with Crippen LogP contribution in [-0.4, -0.2) is 71.3 Å². The maximum atomic E-state index is 14.0. The highest BCUT2D eigenvalue weighted by molar-refractivity contribution is 7.99. The van der Waals surface area contributed by atoms with Crippen molar-refractivity contribution in [2.75, 3.05) is 25.4 Å². The number of benzene rings is 3. The average Bonchev–Trinajstić information content (AvgIpc) is 3.09. The molecule has 4 N–H and O–H groups in total. The van der Waals surface area contributed by atoms with Crippen LogP contribution in [0.1, 0.15) is 62.8 Å². The summed E-state index contributed by atoms with van der Waals surface area (Å²) in [6, 6.07) is 25.1. The van der Waals surface area contributed by atoms with Crippen LogP contribution < -0.4 is 21.1 Å². The first kappa shape index (κ1) is 39.8. The zero-order valence-corrected chi connectivity index (χ0v) is 31.8. The molecule has 1 saturated heterocycles. The largest absolute Gasteiger partial charge is 0.483 e. The Bertz CT molecular complexity index is 1550. The van der Waals surface area contributed by atoms with Crippen LogP contribution in [0.15, 0.2) is 78.9 Å². The van der Waals surface area contributed by atoms with E-state index in [1.807, 2.05) is 113 Å². The molecule has 3 aromatic carbocycles. The smallest absolute Gasteiger partial charge is 0.318 e. The predicted molar refractivity (Wildman–Crippen MR) is 206 cm³/mol. The van der Waals surface area contributed by atoms with Crippen LogP contribution in [0.2, 0.25) is 0 Å². The van der Waals surface area contributed by atoms with Gasteiger partial charge in [0.2, 0.25) is 5.91 Å². The molecule has 5 atom stereocenters. The van der Waals surface area contributed by atoms with Crippen molar-refractivity contribution in [2.24, 2.45) is 17.6 Å². The summed E-state index contributed by atoms with van der Waals surface area (Å²) < 4.78 is 13.0. The van der Waals surface area contributed by atoms with Crippen LogP contribution in [0.25, 0.3) is 0 Å². The molecular formula is C41H56N4O5S. The Balaban J connectivity index is 1.79. The molecule has 1 heterocycles. The predicted octanol–water partition coefficient (Wildman–Crippen LogP) is 6.44. The quantitative estimate of drug-likeness (QED) is 0.123. The van der Waals surface area contributed by atoms with E-state index < -0.39 is 29.5 Å². The van der Waals surface area contributed by atoms with Crippen molar-refractivity contribution in [1.29, 1.82) is 0 Å². The van der Waals surface area contributed by atoms with E-state index in [0.717, 1.165) is 28.0 Å². The first-order valence-electron chi connectivity index (χ1n) is 18.2. The van der Waals surface area contributed by atoms with E-state index in [2.05, 4.69) is 17.6 Å². The Kier molecular flexibility index (Phi) is 14.8. The van der Waals surface area contributed by atoms with Gasteiger partial charge in [-0.3, -0.25) is 9.59 Å². The van der Waals surface area contributed by atoms with E-state index in [1.165, 1.54) is 0 Å². The summed E-state index contributed by atoms with van der Waals surface area (Å²) in [7, 11) is 0.